The quantitative estimate of drug-likeness (QED) is 0.878. The number of aryl methyl sites for hydroxylation is 1. The van der Waals surface area contributed by atoms with Gasteiger partial charge in [-0.15, -0.1) is 0 Å². The van der Waals surface area contributed by atoms with Crippen molar-refractivity contribution in [1.29, 1.82) is 0 Å². The van der Waals surface area contributed by atoms with E-state index in [4.69, 9.17) is 16.3 Å². The first-order chi connectivity index (χ1) is 9.41. The van der Waals surface area contributed by atoms with Crippen molar-refractivity contribution in [2.75, 3.05) is 7.11 Å². The number of halogens is 3. The van der Waals surface area contributed by atoms with Crippen LogP contribution in [0.3, 0.4) is 0 Å². The van der Waals surface area contributed by atoms with E-state index in [1.54, 1.807) is 6.07 Å². The van der Waals surface area contributed by atoms with Crippen LogP contribution in [0.4, 0.5) is 8.78 Å². The number of nitrogens with one attached hydrogen (secondary N) is 1. The monoisotopic (exact) mass is 299 g/mol. The molecule has 3 rings (SSSR count). The fourth-order valence-corrected chi connectivity index (χ4v) is 2.83. The lowest BCUT2D eigenvalue weighted by Crippen LogP contribution is -2.31. The number of hydrogen-bond donors (Lipinski definition) is 1. The van der Waals surface area contributed by atoms with Gasteiger partial charge in [-0.3, -0.25) is 4.79 Å². The Morgan fingerprint density at radius 2 is 2.15 bits per heavy atom. The Morgan fingerprint density at radius 1 is 1.40 bits per heavy atom. The van der Waals surface area contributed by atoms with Crippen molar-refractivity contribution >= 4 is 22.5 Å². The van der Waals surface area contributed by atoms with Crippen LogP contribution in [-0.4, -0.2) is 18.0 Å². The van der Waals surface area contributed by atoms with Crippen molar-refractivity contribution < 1.29 is 13.5 Å². The topological polar surface area (TPSA) is 42.1 Å². The molecule has 0 unspecified atom stereocenters. The highest BCUT2D eigenvalue weighted by molar-refractivity contribution is 6.32. The summed E-state index contributed by atoms with van der Waals surface area (Å²) in [6.45, 7) is 0. The Hall–Kier alpha value is -1.62. The van der Waals surface area contributed by atoms with Gasteiger partial charge in [0.2, 0.25) is 0 Å². The highest BCUT2D eigenvalue weighted by Crippen LogP contribution is 2.33. The molecule has 0 spiro atoms. The molecule has 1 aromatic carbocycles. The largest absolute Gasteiger partial charge is 0.495 e. The highest BCUT2D eigenvalue weighted by atomic mass is 35.5. The first-order valence-corrected chi connectivity index (χ1v) is 6.58. The number of alkyl halides is 2. The van der Waals surface area contributed by atoms with Gasteiger partial charge in [0.15, 0.2) is 5.43 Å². The minimum Gasteiger partial charge on any atom is -0.495 e. The summed E-state index contributed by atoms with van der Waals surface area (Å²) in [7, 11) is 1.48. The smallest absolute Gasteiger partial charge is 0.252 e. The first-order valence-electron chi connectivity index (χ1n) is 6.20. The Labute approximate surface area is 118 Å². The Balaban J connectivity index is 2.29. The number of H-pyrrole nitrogens is 1. The summed E-state index contributed by atoms with van der Waals surface area (Å²) in [4.78, 5) is 15.4. The van der Waals surface area contributed by atoms with Gasteiger partial charge in [-0.2, -0.15) is 0 Å². The highest BCUT2D eigenvalue weighted by Gasteiger charge is 2.36. The van der Waals surface area contributed by atoms with Crippen molar-refractivity contribution in [2.24, 2.45) is 0 Å². The normalized spacial score (nSPS) is 17.0. The molecule has 106 valence electrons. The zero-order chi connectivity index (χ0) is 14.5. The molecule has 1 aliphatic rings. The predicted octanol–water partition coefficient (Wildman–Crippen LogP) is 3.31. The third-order valence-corrected chi connectivity index (χ3v) is 3.93. The van der Waals surface area contributed by atoms with Gasteiger partial charge in [-0.1, -0.05) is 11.6 Å². The minimum absolute atomic E-state index is 0.162. The molecular formula is C14H12ClF2NO2. The molecule has 0 radical (unpaired) electrons. The molecule has 0 aliphatic heterocycles. The number of rotatable bonds is 1. The van der Waals surface area contributed by atoms with Crippen molar-refractivity contribution in [3.63, 3.8) is 0 Å². The predicted molar refractivity (Wildman–Crippen MR) is 73.1 cm³/mol. The van der Waals surface area contributed by atoms with E-state index in [-0.39, 0.29) is 28.9 Å². The zero-order valence-corrected chi connectivity index (χ0v) is 11.5. The molecule has 0 bridgehead atoms. The summed E-state index contributed by atoms with van der Waals surface area (Å²) >= 11 is 5.99. The number of aromatic amines is 1. The second-order valence-electron chi connectivity index (χ2n) is 4.98. The van der Waals surface area contributed by atoms with Gasteiger partial charge in [0.1, 0.15) is 5.75 Å². The fourth-order valence-electron chi connectivity index (χ4n) is 2.59. The van der Waals surface area contributed by atoms with E-state index < -0.39 is 12.3 Å². The van der Waals surface area contributed by atoms with Crippen LogP contribution >= 0.6 is 11.6 Å². The molecule has 0 fully saturated rings. The molecule has 1 heterocycles. The Kier molecular flexibility index (Phi) is 2.97. The van der Waals surface area contributed by atoms with Gasteiger partial charge in [0.05, 0.1) is 17.6 Å². The summed E-state index contributed by atoms with van der Waals surface area (Å²) in [6, 6.07) is 3.08. The van der Waals surface area contributed by atoms with Gasteiger partial charge in [-0.25, -0.2) is 8.78 Å². The molecule has 0 saturated heterocycles. The zero-order valence-electron chi connectivity index (χ0n) is 10.7. The summed E-state index contributed by atoms with van der Waals surface area (Å²) < 4.78 is 32.0. The van der Waals surface area contributed by atoms with Gasteiger partial charge >= 0.3 is 0 Å². The van der Waals surface area contributed by atoms with E-state index in [0.717, 1.165) is 0 Å². The van der Waals surface area contributed by atoms with E-state index in [2.05, 4.69) is 4.98 Å². The van der Waals surface area contributed by atoms with Gasteiger partial charge in [0, 0.05) is 35.6 Å². The van der Waals surface area contributed by atoms with Crippen LogP contribution in [0.2, 0.25) is 5.02 Å². The molecule has 0 atom stereocenters. The first kappa shape index (κ1) is 13.4. The number of methoxy groups -OCH3 is 1. The van der Waals surface area contributed by atoms with Crippen LogP contribution in [0.25, 0.3) is 10.9 Å². The number of pyridine rings is 1. The number of hydrogen-bond acceptors (Lipinski definition) is 2. The van der Waals surface area contributed by atoms with Crippen molar-refractivity contribution in [2.45, 2.75) is 25.2 Å². The average molecular weight is 300 g/mol. The lowest BCUT2D eigenvalue weighted by atomic mass is 9.91. The van der Waals surface area contributed by atoms with Crippen LogP contribution in [0.1, 0.15) is 17.7 Å². The summed E-state index contributed by atoms with van der Waals surface area (Å²) in [6.07, 6.45) is -0.595. The third kappa shape index (κ3) is 2.06. The third-order valence-electron chi connectivity index (χ3n) is 3.64. The maximum Gasteiger partial charge on any atom is 0.252 e. The van der Waals surface area contributed by atoms with Crippen LogP contribution in [0.5, 0.6) is 5.75 Å². The fraction of sp³-hybridized carbons (Fsp3) is 0.357. The Morgan fingerprint density at radius 3 is 2.85 bits per heavy atom. The van der Waals surface area contributed by atoms with E-state index in [9.17, 15) is 13.6 Å². The number of aromatic nitrogens is 1. The Bertz CT molecular complexity index is 755. The molecule has 1 aromatic heterocycles. The molecule has 3 nitrogen and oxygen atoms in total. The molecular weight excluding hydrogens is 288 g/mol. The van der Waals surface area contributed by atoms with Crippen molar-refractivity contribution in [3.8, 4) is 5.75 Å². The van der Waals surface area contributed by atoms with Crippen LogP contribution in [-0.2, 0) is 12.8 Å². The minimum atomic E-state index is -2.82. The van der Waals surface area contributed by atoms with E-state index >= 15 is 0 Å². The standard InChI is InChI=1S/C14H12ClF2NO2/c1-20-12-5-11-7(4-9(12)15)13(19)8-6-14(16,17)3-2-10(8)18-11/h4-5H,2-3,6H2,1H3,(H,18,19). The lowest BCUT2D eigenvalue weighted by Gasteiger charge is -2.24. The molecule has 2 aromatic rings. The number of fused-ring (bicyclic) bond motifs is 2. The maximum atomic E-state index is 13.5. The van der Waals surface area contributed by atoms with Gasteiger partial charge in [0.25, 0.3) is 5.92 Å². The van der Waals surface area contributed by atoms with Gasteiger partial charge in [-0.05, 0) is 12.5 Å². The molecule has 0 amide bonds. The van der Waals surface area contributed by atoms with Crippen molar-refractivity contribution in [1.82, 2.24) is 4.98 Å². The average Bonchev–Trinajstić information content (AvgIpc) is 2.40. The van der Waals surface area contributed by atoms with Gasteiger partial charge < -0.3 is 9.72 Å². The number of ether oxygens (including phenoxy) is 1. The van der Waals surface area contributed by atoms with Crippen molar-refractivity contribution in [3.05, 3.63) is 38.6 Å². The lowest BCUT2D eigenvalue weighted by molar-refractivity contribution is -0.0129. The summed E-state index contributed by atoms with van der Waals surface area (Å²) in [5.41, 5.74) is 0.922. The van der Waals surface area contributed by atoms with Crippen LogP contribution < -0.4 is 10.2 Å². The van der Waals surface area contributed by atoms with E-state index in [1.165, 1.54) is 13.2 Å². The summed E-state index contributed by atoms with van der Waals surface area (Å²) in [5.74, 6) is -2.37. The number of benzene rings is 1. The maximum absolute atomic E-state index is 13.5. The SMILES string of the molecule is COc1cc2[nH]c3c(c(=O)c2cc1Cl)CC(F)(F)CC3. The second kappa shape index (κ2) is 4.45. The van der Waals surface area contributed by atoms with Crippen LogP contribution in [0.15, 0.2) is 16.9 Å². The summed E-state index contributed by atoms with van der Waals surface area (Å²) in [5, 5.41) is 0.597. The van der Waals surface area contributed by atoms with E-state index in [1.807, 2.05) is 0 Å². The molecule has 0 saturated carbocycles. The second-order valence-corrected chi connectivity index (χ2v) is 5.38. The van der Waals surface area contributed by atoms with Crippen LogP contribution in [0, 0.1) is 0 Å². The van der Waals surface area contributed by atoms with E-state index in [0.29, 0.717) is 22.3 Å². The molecule has 1 N–H and O–H groups in total. The molecule has 20 heavy (non-hydrogen) atoms. The molecule has 6 heteroatoms. The molecule has 1 aliphatic carbocycles.